The molecule has 138 valence electrons. The number of aromatic amines is 1. The van der Waals surface area contributed by atoms with Crippen molar-refractivity contribution in [3.05, 3.63) is 76.4 Å². The Balaban J connectivity index is 1.45. The summed E-state index contributed by atoms with van der Waals surface area (Å²) in [6.45, 7) is 0.987. The first-order valence-corrected chi connectivity index (χ1v) is 9.78. The second-order valence-corrected chi connectivity index (χ2v) is 7.52. The van der Waals surface area contributed by atoms with Crippen LogP contribution in [0.5, 0.6) is 0 Å². The van der Waals surface area contributed by atoms with Crippen LogP contribution >= 0.6 is 15.9 Å². The Morgan fingerprint density at radius 2 is 1.96 bits per heavy atom. The van der Waals surface area contributed by atoms with E-state index in [0.29, 0.717) is 6.54 Å². The minimum absolute atomic E-state index is 0.0232. The fraction of sp³-hybridized carbons (Fsp3) is 0.238. The molecule has 2 aromatic carbocycles. The Morgan fingerprint density at radius 1 is 1.19 bits per heavy atom. The molecule has 1 unspecified atom stereocenters. The number of rotatable bonds is 4. The van der Waals surface area contributed by atoms with Crippen molar-refractivity contribution in [1.82, 2.24) is 15.1 Å². The molecule has 0 radical (unpaired) electrons. The van der Waals surface area contributed by atoms with Crippen LogP contribution in [0, 0.1) is 0 Å². The van der Waals surface area contributed by atoms with Gasteiger partial charge in [-0.1, -0.05) is 58.4 Å². The zero-order chi connectivity index (χ0) is 18.6. The zero-order valence-electron chi connectivity index (χ0n) is 14.8. The molecule has 1 aliphatic heterocycles. The number of nitrogens with zero attached hydrogens (tertiary/aromatic N) is 2. The zero-order valence-corrected chi connectivity index (χ0v) is 16.4. The van der Waals surface area contributed by atoms with Crippen molar-refractivity contribution in [1.29, 1.82) is 0 Å². The first-order chi connectivity index (χ1) is 13.2. The molecular formula is C21H20BrN3O2. The van der Waals surface area contributed by atoms with Gasteiger partial charge in [-0.05, 0) is 36.6 Å². The predicted octanol–water partition coefficient (Wildman–Crippen LogP) is 5.31. The fourth-order valence-electron chi connectivity index (χ4n) is 3.39. The number of nitrogens with one attached hydrogen (secondary N) is 1. The Morgan fingerprint density at radius 3 is 2.74 bits per heavy atom. The lowest BCUT2D eigenvalue weighted by atomic mass is 10.1. The van der Waals surface area contributed by atoms with Gasteiger partial charge >= 0.3 is 6.09 Å². The highest BCUT2D eigenvalue weighted by atomic mass is 79.9. The third-order valence-electron chi connectivity index (χ3n) is 4.79. The number of H-pyrrole nitrogens is 1. The maximum Gasteiger partial charge on any atom is 0.410 e. The minimum atomic E-state index is -0.277. The van der Waals surface area contributed by atoms with Crippen LogP contribution in [0.3, 0.4) is 0 Å². The third-order valence-corrected chi connectivity index (χ3v) is 5.32. The molecule has 0 saturated carbocycles. The van der Waals surface area contributed by atoms with Gasteiger partial charge in [-0.2, -0.15) is 5.10 Å². The number of aromatic nitrogens is 2. The largest absolute Gasteiger partial charge is 0.445 e. The van der Waals surface area contributed by atoms with E-state index in [0.717, 1.165) is 39.8 Å². The monoisotopic (exact) mass is 425 g/mol. The maximum absolute atomic E-state index is 12.6. The normalized spacial score (nSPS) is 16.5. The predicted molar refractivity (Wildman–Crippen MR) is 107 cm³/mol. The second-order valence-electron chi connectivity index (χ2n) is 6.61. The SMILES string of the molecule is O=C(OCc1ccccc1)N1CCCC1c1cc(-c2ccc(Br)cc2)n[nH]1. The summed E-state index contributed by atoms with van der Waals surface area (Å²) >= 11 is 3.45. The standard InChI is InChI=1S/C21H20BrN3O2/c22-17-10-8-16(9-11-17)18-13-19(24-23-18)20-7-4-12-25(20)21(26)27-14-15-5-2-1-3-6-15/h1-3,5-6,8-11,13,20H,4,7,12,14H2,(H,23,24). The van der Waals surface area contributed by atoms with Crippen LogP contribution in [-0.2, 0) is 11.3 Å². The number of likely N-dealkylation sites (tertiary alicyclic amines) is 1. The molecule has 0 spiro atoms. The summed E-state index contributed by atoms with van der Waals surface area (Å²) in [6, 6.07) is 19.8. The van der Waals surface area contributed by atoms with Gasteiger partial charge in [0.25, 0.3) is 0 Å². The van der Waals surface area contributed by atoms with Gasteiger partial charge in [0.2, 0.25) is 0 Å². The van der Waals surface area contributed by atoms with Crippen molar-refractivity contribution in [2.45, 2.75) is 25.5 Å². The van der Waals surface area contributed by atoms with Crippen molar-refractivity contribution < 1.29 is 9.53 Å². The molecular weight excluding hydrogens is 406 g/mol. The van der Waals surface area contributed by atoms with Crippen LogP contribution in [-0.4, -0.2) is 27.7 Å². The Bertz CT molecular complexity index is 909. The van der Waals surface area contributed by atoms with E-state index >= 15 is 0 Å². The van der Waals surface area contributed by atoms with Crippen molar-refractivity contribution in [2.75, 3.05) is 6.54 Å². The molecule has 1 fully saturated rings. The van der Waals surface area contributed by atoms with Gasteiger partial charge < -0.3 is 4.74 Å². The van der Waals surface area contributed by atoms with Crippen molar-refractivity contribution in [3.8, 4) is 11.3 Å². The lowest BCUT2D eigenvalue weighted by Crippen LogP contribution is -2.31. The molecule has 1 atom stereocenters. The topological polar surface area (TPSA) is 58.2 Å². The first kappa shape index (κ1) is 17.8. The van der Waals surface area contributed by atoms with E-state index in [1.54, 1.807) is 4.90 Å². The number of benzene rings is 2. The summed E-state index contributed by atoms with van der Waals surface area (Å²) in [5.41, 5.74) is 3.85. The molecule has 0 bridgehead atoms. The second kappa shape index (κ2) is 7.96. The molecule has 1 saturated heterocycles. The van der Waals surface area contributed by atoms with Crippen molar-refractivity contribution >= 4 is 22.0 Å². The van der Waals surface area contributed by atoms with Gasteiger partial charge in [0.15, 0.2) is 0 Å². The summed E-state index contributed by atoms with van der Waals surface area (Å²) in [5, 5.41) is 7.54. The molecule has 27 heavy (non-hydrogen) atoms. The summed E-state index contributed by atoms with van der Waals surface area (Å²) in [4.78, 5) is 14.4. The summed E-state index contributed by atoms with van der Waals surface area (Å²) in [5.74, 6) is 0. The number of hydrogen-bond donors (Lipinski definition) is 1. The molecule has 6 heteroatoms. The Labute approximate surface area is 166 Å². The van der Waals surface area contributed by atoms with Crippen LogP contribution in [0.4, 0.5) is 4.79 Å². The molecule has 2 heterocycles. The van der Waals surface area contributed by atoms with Gasteiger partial charge in [-0.25, -0.2) is 4.79 Å². The molecule has 0 aliphatic carbocycles. The minimum Gasteiger partial charge on any atom is -0.445 e. The number of hydrogen-bond acceptors (Lipinski definition) is 3. The molecule has 3 aromatic rings. The third kappa shape index (κ3) is 4.06. The molecule has 1 aliphatic rings. The summed E-state index contributed by atoms with van der Waals surface area (Å²) in [6.07, 6.45) is 1.58. The van der Waals surface area contributed by atoms with Gasteiger partial charge in [0.05, 0.1) is 17.4 Å². The Hall–Kier alpha value is -2.60. The first-order valence-electron chi connectivity index (χ1n) is 8.99. The van der Waals surface area contributed by atoms with Crippen LogP contribution in [0.1, 0.15) is 30.1 Å². The highest BCUT2D eigenvalue weighted by molar-refractivity contribution is 9.10. The molecule has 1 amide bonds. The highest BCUT2D eigenvalue weighted by Crippen LogP contribution is 2.33. The van der Waals surface area contributed by atoms with Gasteiger partial charge in [0.1, 0.15) is 6.61 Å². The van der Waals surface area contributed by atoms with E-state index in [9.17, 15) is 4.79 Å². The van der Waals surface area contributed by atoms with Crippen LogP contribution in [0.25, 0.3) is 11.3 Å². The number of halogens is 1. The quantitative estimate of drug-likeness (QED) is 0.615. The fourth-order valence-corrected chi connectivity index (χ4v) is 3.65. The molecule has 1 N–H and O–H groups in total. The van der Waals surface area contributed by atoms with E-state index in [1.165, 1.54) is 0 Å². The van der Waals surface area contributed by atoms with Gasteiger partial charge in [0, 0.05) is 16.6 Å². The van der Waals surface area contributed by atoms with Crippen molar-refractivity contribution in [3.63, 3.8) is 0 Å². The van der Waals surface area contributed by atoms with Crippen LogP contribution in [0.15, 0.2) is 65.1 Å². The average Bonchev–Trinajstić information content (AvgIpc) is 3.37. The highest BCUT2D eigenvalue weighted by Gasteiger charge is 2.32. The van der Waals surface area contributed by atoms with Crippen molar-refractivity contribution in [2.24, 2.45) is 0 Å². The van der Waals surface area contributed by atoms with Gasteiger partial charge in [-0.15, -0.1) is 0 Å². The van der Waals surface area contributed by atoms with E-state index in [1.807, 2.05) is 60.7 Å². The van der Waals surface area contributed by atoms with Crippen LogP contribution < -0.4 is 0 Å². The van der Waals surface area contributed by atoms with Gasteiger partial charge in [-0.3, -0.25) is 10.00 Å². The lowest BCUT2D eigenvalue weighted by molar-refractivity contribution is 0.0915. The smallest absolute Gasteiger partial charge is 0.410 e. The number of ether oxygens (including phenoxy) is 1. The summed E-state index contributed by atoms with van der Waals surface area (Å²) in [7, 11) is 0. The molecule has 1 aromatic heterocycles. The van der Waals surface area contributed by atoms with E-state index in [-0.39, 0.29) is 18.7 Å². The van der Waals surface area contributed by atoms with E-state index in [2.05, 4.69) is 26.1 Å². The Kier molecular flexibility index (Phi) is 5.25. The summed E-state index contributed by atoms with van der Waals surface area (Å²) < 4.78 is 6.55. The lowest BCUT2D eigenvalue weighted by Gasteiger charge is -2.23. The molecule has 4 rings (SSSR count). The average molecular weight is 426 g/mol. The maximum atomic E-state index is 12.6. The van der Waals surface area contributed by atoms with Crippen LogP contribution in [0.2, 0.25) is 0 Å². The number of amides is 1. The molecule has 5 nitrogen and oxygen atoms in total. The van der Waals surface area contributed by atoms with E-state index in [4.69, 9.17) is 4.74 Å². The van der Waals surface area contributed by atoms with E-state index < -0.39 is 0 Å². The number of carbonyl (C=O) groups is 1. The number of carbonyl (C=O) groups excluding carboxylic acids is 1.